The van der Waals surface area contributed by atoms with Crippen LogP contribution in [-0.4, -0.2) is 35.3 Å². The first kappa shape index (κ1) is 26.7. The van der Waals surface area contributed by atoms with Crippen LogP contribution in [0.1, 0.15) is 60.9 Å². The zero-order valence-corrected chi connectivity index (χ0v) is 22.2. The minimum atomic E-state index is -4.53. The van der Waals surface area contributed by atoms with Crippen molar-refractivity contribution < 1.29 is 21.6 Å². The lowest BCUT2D eigenvalue weighted by atomic mass is 9.97. The number of alkyl halides is 3. The van der Waals surface area contributed by atoms with E-state index in [1.54, 1.807) is 12.5 Å². The van der Waals surface area contributed by atoms with Gasteiger partial charge in [-0.25, -0.2) is 13.4 Å². The summed E-state index contributed by atoms with van der Waals surface area (Å²) in [5.74, 6) is 0.642. The number of hydrogen-bond donors (Lipinski definition) is 1. The number of hydrogen-bond acceptors (Lipinski definition) is 4. The minimum Gasteiger partial charge on any atom is -0.361 e. The van der Waals surface area contributed by atoms with Gasteiger partial charge >= 0.3 is 6.18 Å². The predicted molar refractivity (Wildman–Crippen MR) is 140 cm³/mol. The summed E-state index contributed by atoms with van der Waals surface area (Å²) >= 11 is 0. The van der Waals surface area contributed by atoms with E-state index in [9.17, 15) is 21.6 Å². The van der Waals surface area contributed by atoms with Crippen molar-refractivity contribution in [3.63, 3.8) is 0 Å². The molecule has 38 heavy (non-hydrogen) atoms. The van der Waals surface area contributed by atoms with Crippen LogP contribution in [0.25, 0.3) is 0 Å². The molecule has 10 heteroatoms. The molecule has 1 N–H and O–H groups in total. The molecule has 3 aromatic rings. The minimum absolute atomic E-state index is 0.106. The van der Waals surface area contributed by atoms with E-state index in [0.29, 0.717) is 12.5 Å². The van der Waals surface area contributed by atoms with Gasteiger partial charge in [0.25, 0.3) is 0 Å². The second-order valence-electron chi connectivity index (χ2n) is 10.5. The average molecular weight is 547 g/mol. The monoisotopic (exact) mass is 546 g/mol. The number of aryl methyl sites for hydroxylation is 1. The molecule has 0 unspecified atom stereocenters. The molecule has 5 rings (SSSR count). The van der Waals surface area contributed by atoms with E-state index in [-0.39, 0.29) is 24.0 Å². The first-order valence-corrected chi connectivity index (χ1v) is 14.6. The molecular formula is C28H33F3N4O2S. The van der Waals surface area contributed by atoms with Crippen LogP contribution in [0.4, 0.5) is 18.9 Å². The molecular weight excluding hydrogens is 513 g/mol. The Balaban J connectivity index is 1.52. The highest BCUT2D eigenvalue weighted by atomic mass is 32.2. The van der Waals surface area contributed by atoms with Crippen molar-refractivity contribution in [3.05, 3.63) is 77.4 Å². The fourth-order valence-corrected chi connectivity index (χ4v) is 7.37. The number of halogens is 3. The number of para-hydroxylation sites is 1. The Morgan fingerprint density at radius 1 is 1.05 bits per heavy atom. The number of rotatable bonds is 7. The Hall–Kier alpha value is -2.85. The molecule has 0 bridgehead atoms. The predicted octanol–water partition coefficient (Wildman–Crippen LogP) is 6.29. The van der Waals surface area contributed by atoms with E-state index >= 15 is 0 Å². The molecule has 0 spiro atoms. The summed E-state index contributed by atoms with van der Waals surface area (Å²) in [5.41, 5.74) is 3.02. The lowest BCUT2D eigenvalue weighted by Gasteiger charge is -2.35. The third-order valence-electron chi connectivity index (χ3n) is 7.91. The summed E-state index contributed by atoms with van der Waals surface area (Å²) in [6.07, 6.45) is 5.62. The zero-order valence-electron chi connectivity index (χ0n) is 21.4. The number of nitrogens with one attached hydrogen (secondary N) is 1. The quantitative estimate of drug-likeness (QED) is 0.378. The van der Waals surface area contributed by atoms with Crippen LogP contribution in [0, 0.1) is 12.8 Å². The van der Waals surface area contributed by atoms with E-state index in [0.717, 1.165) is 59.6 Å². The zero-order chi connectivity index (χ0) is 26.9. The highest BCUT2D eigenvalue weighted by Gasteiger charge is 2.36. The first-order chi connectivity index (χ1) is 18.1. The number of benzene rings is 2. The Morgan fingerprint density at radius 2 is 1.79 bits per heavy atom. The molecule has 1 saturated carbocycles. The number of aromatic amines is 1. The largest absolute Gasteiger partial charge is 0.416 e. The van der Waals surface area contributed by atoms with Crippen LogP contribution in [0.2, 0.25) is 0 Å². The molecule has 2 heterocycles. The fourth-order valence-electron chi connectivity index (χ4n) is 5.91. The molecule has 0 amide bonds. The van der Waals surface area contributed by atoms with Gasteiger partial charge < -0.3 is 9.88 Å². The molecule has 204 valence electrons. The van der Waals surface area contributed by atoms with Crippen molar-refractivity contribution in [1.29, 1.82) is 0 Å². The van der Waals surface area contributed by atoms with Crippen molar-refractivity contribution in [2.24, 2.45) is 5.92 Å². The Morgan fingerprint density at radius 3 is 2.45 bits per heavy atom. The second kappa shape index (κ2) is 10.7. The molecule has 2 aromatic carbocycles. The summed E-state index contributed by atoms with van der Waals surface area (Å²) in [6.45, 7) is 2.99. The molecule has 1 aliphatic carbocycles. The number of nitrogens with zero attached hydrogens (tertiary/aromatic N) is 3. The lowest BCUT2D eigenvalue weighted by molar-refractivity contribution is -0.137. The van der Waals surface area contributed by atoms with Crippen LogP contribution in [0.15, 0.2) is 59.9 Å². The average Bonchev–Trinajstić information content (AvgIpc) is 3.56. The summed E-state index contributed by atoms with van der Waals surface area (Å²) < 4.78 is 68.5. The number of H-pyrrole nitrogens is 1. The molecule has 2 aliphatic rings. The van der Waals surface area contributed by atoms with E-state index in [1.165, 1.54) is 30.0 Å². The Kier molecular flexibility index (Phi) is 7.55. The van der Waals surface area contributed by atoms with Crippen LogP contribution in [-0.2, 0) is 29.3 Å². The molecule has 0 saturated heterocycles. The van der Waals surface area contributed by atoms with Gasteiger partial charge in [-0.05, 0) is 61.1 Å². The van der Waals surface area contributed by atoms with Crippen LogP contribution < -0.4 is 4.90 Å². The maximum Gasteiger partial charge on any atom is 0.416 e. The summed E-state index contributed by atoms with van der Waals surface area (Å²) in [4.78, 5) is 9.53. The third-order valence-corrected chi connectivity index (χ3v) is 9.73. The smallest absolute Gasteiger partial charge is 0.361 e. The summed E-state index contributed by atoms with van der Waals surface area (Å²) in [7, 11) is -4.04. The fraction of sp³-hybridized carbons (Fsp3) is 0.464. The second-order valence-corrected chi connectivity index (χ2v) is 12.4. The van der Waals surface area contributed by atoms with Crippen molar-refractivity contribution >= 4 is 15.7 Å². The number of sulfonamides is 1. The van der Waals surface area contributed by atoms with E-state index < -0.39 is 21.8 Å². The van der Waals surface area contributed by atoms with Gasteiger partial charge in [0.2, 0.25) is 10.0 Å². The van der Waals surface area contributed by atoms with E-state index in [1.807, 2.05) is 25.1 Å². The number of anilines is 1. The molecule has 1 aromatic heterocycles. The van der Waals surface area contributed by atoms with Gasteiger partial charge in [0.15, 0.2) is 0 Å². The van der Waals surface area contributed by atoms with Gasteiger partial charge in [-0.1, -0.05) is 43.9 Å². The van der Waals surface area contributed by atoms with E-state index in [4.69, 9.17) is 0 Å². The highest BCUT2D eigenvalue weighted by Crippen LogP contribution is 2.38. The molecule has 1 aliphatic heterocycles. The molecule has 1 fully saturated rings. The number of imidazole rings is 1. The Labute approximate surface area is 221 Å². The summed E-state index contributed by atoms with van der Waals surface area (Å²) in [5, 5.41) is 0. The van der Waals surface area contributed by atoms with Gasteiger partial charge in [0, 0.05) is 31.0 Å². The van der Waals surface area contributed by atoms with E-state index in [2.05, 4.69) is 14.9 Å². The highest BCUT2D eigenvalue weighted by molar-refractivity contribution is 7.89. The maximum atomic E-state index is 13.8. The first-order valence-electron chi connectivity index (χ1n) is 13.1. The maximum absolute atomic E-state index is 13.8. The van der Waals surface area contributed by atoms with Crippen molar-refractivity contribution in [3.8, 4) is 0 Å². The SMILES string of the molecule is Cc1cccc2c1N(Cc1cnc[nH]1)[C@@H](CCC1CCCC1)CN(S(=O)(=O)c1ccc(C(F)(F)F)cc1)C2. The van der Waals surface area contributed by atoms with Gasteiger partial charge in [0.05, 0.1) is 29.0 Å². The topological polar surface area (TPSA) is 69.3 Å². The molecule has 6 nitrogen and oxygen atoms in total. The van der Waals surface area contributed by atoms with Crippen molar-refractivity contribution in [2.75, 3.05) is 11.4 Å². The third kappa shape index (κ3) is 5.61. The van der Waals surface area contributed by atoms with Crippen molar-refractivity contribution in [2.45, 2.75) is 75.7 Å². The lowest BCUT2D eigenvalue weighted by Crippen LogP contribution is -2.43. The number of aromatic nitrogens is 2. The van der Waals surface area contributed by atoms with Crippen LogP contribution in [0.3, 0.4) is 0 Å². The number of fused-ring (bicyclic) bond motifs is 1. The van der Waals surface area contributed by atoms with Gasteiger partial charge in [-0.3, -0.25) is 0 Å². The van der Waals surface area contributed by atoms with Crippen molar-refractivity contribution in [1.82, 2.24) is 14.3 Å². The van der Waals surface area contributed by atoms with Gasteiger partial charge in [-0.2, -0.15) is 17.5 Å². The molecule has 1 atom stereocenters. The van der Waals surface area contributed by atoms with Crippen LogP contribution in [0.5, 0.6) is 0 Å². The molecule has 0 radical (unpaired) electrons. The van der Waals surface area contributed by atoms with Crippen LogP contribution >= 0.6 is 0 Å². The van der Waals surface area contributed by atoms with Gasteiger partial charge in [-0.15, -0.1) is 0 Å². The Bertz CT molecular complexity index is 1340. The van der Waals surface area contributed by atoms with Gasteiger partial charge in [0.1, 0.15) is 0 Å². The standard InChI is InChI=1S/C28H33F3N4O2S/c1-20-5-4-8-22-16-34(38(36,37)26-13-10-23(11-14-26)28(29,30)31)18-25(12-9-21-6-2-3-7-21)35(27(20)22)17-24-15-32-19-33-24/h4-5,8,10-11,13-15,19,21,25H,2-3,6-7,9,12,16-18H2,1H3,(H,32,33)/t25-/m0/s1. The summed E-state index contributed by atoms with van der Waals surface area (Å²) in [6, 6.07) is 9.60. The normalized spacial score (nSPS) is 19.5.